The minimum atomic E-state index is -0.221. The number of likely N-dealkylation sites (N-methyl/N-ethyl adjacent to an activating group) is 1. The lowest BCUT2D eigenvalue weighted by Gasteiger charge is -2.27. The molecule has 0 aliphatic carbocycles. The molecular formula is C15H21ClN2O3. The van der Waals surface area contributed by atoms with E-state index in [1.165, 1.54) is 0 Å². The Labute approximate surface area is 130 Å². The molecule has 0 bridgehead atoms. The first-order valence-corrected chi connectivity index (χ1v) is 7.49. The molecule has 0 spiro atoms. The highest BCUT2D eigenvalue weighted by molar-refractivity contribution is 6.30. The molecular weight excluding hydrogens is 292 g/mol. The smallest absolute Gasteiger partial charge is 0.241 e. The SMILES string of the molecule is CN(CCCOc1ccc(Cl)cc1)C(=O)C1COCCN1. The van der Waals surface area contributed by atoms with Crippen molar-refractivity contribution in [2.45, 2.75) is 12.5 Å². The Morgan fingerprint density at radius 1 is 1.48 bits per heavy atom. The van der Waals surface area contributed by atoms with Crippen LogP contribution in [0.5, 0.6) is 5.75 Å². The molecule has 1 unspecified atom stereocenters. The average Bonchev–Trinajstić information content (AvgIpc) is 2.53. The van der Waals surface area contributed by atoms with Gasteiger partial charge in [0.15, 0.2) is 0 Å². The van der Waals surface area contributed by atoms with Crippen LogP contribution in [0.25, 0.3) is 0 Å². The Bertz CT molecular complexity index is 447. The van der Waals surface area contributed by atoms with Gasteiger partial charge in [-0.25, -0.2) is 0 Å². The third kappa shape index (κ3) is 5.19. The van der Waals surface area contributed by atoms with Gasteiger partial charge in [-0.1, -0.05) is 11.6 Å². The van der Waals surface area contributed by atoms with Crippen molar-refractivity contribution in [3.8, 4) is 5.75 Å². The molecule has 21 heavy (non-hydrogen) atoms. The summed E-state index contributed by atoms with van der Waals surface area (Å²) in [5.74, 6) is 0.858. The maximum absolute atomic E-state index is 12.1. The van der Waals surface area contributed by atoms with Crippen LogP contribution in [0.4, 0.5) is 0 Å². The molecule has 5 nitrogen and oxygen atoms in total. The molecule has 1 saturated heterocycles. The molecule has 2 rings (SSSR count). The highest BCUT2D eigenvalue weighted by Crippen LogP contribution is 2.15. The van der Waals surface area contributed by atoms with Crippen molar-refractivity contribution in [2.24, 2.45) is 0 Å². The minimum Gasteiger partial charge on any atom is -0.494 e. The van der Waals surface area contributed by atoms with Crippen molar-refractivity contribution in [2.75, 3.05) is 40.0 Å². The van der Waals surface area contributed by atoms with Gasteiger partial charge in [-0.2, -0.15) is 0 Å². The predicted molar refractivity (Wildman–Crippen MR) is 81.8 cm³/mol. The summed E-state index contributed by atoms with van der Waals surface area (Å²) < 4.78 is 10.9. The number of carbonyl (C=O) groups excluding carboxylic acids is 1. The Kier molecular flexibility index (Phi) is 6.29. The van der Waals surface area contributed by atoms with Gasteiger partial charge in [0, 0.05) is 25.2 Å². The Hall–Kier alpha value is -1.30. The summed E-state index contributed by atoms with van der Waals surface area (Å²) >= 11 is 5.81. The molecule has 1 aliphatic heterocycles. The van der Waals surface area contributed by atoms with Crippen molar-refractivity contribution in [1.82, 2.24) is 10.2 Å². The van der Waals surface area contributed by atoms with Gasteiger partial charge in [0.2, 0.25) is 5.91 Å². The van der Waals surface area contributed by atoms with E-state index >= 15 is 0 Å². The first-order chi connectivity index (χ1) is 10.2. The van der Waals surface area contributed by atoms with Crippen LogP contribution in [-0.2, 0) is 9.53 Å². The fraction of sp³-hybridized carbons (Fsp3) is 0.533. The van der Waals surface area contributed by atoms with E-state index in [4.69, 9.17) is 21.1 Å². The first kappa shape index (κ1) is 16.1. The molecule has 1 amide bonds. The van der Waals surface area contributed by atoms with E-state index in [-0.39, 0.29) is 11.9 Å². The monoisotopic (exact) mass is 312 g/mol. The summed E-state index contributed by atoms with van der Waals surface area (Å²) in [6.07, 6.45) is 0.776. The summed E-state index contributed by atoms with van der Waals surface area (Å²) in [5.41, 5.74) is 0. The van der Waals surface area contributed by atoms with Crippen LogP contribution in [0, 0.1) is 0 Å². The topological polar surface area (TPSA) is 50.8 Å². The van der Waals surface area contributed by atoms with Gasteiger partial charge in [0.25, 0.3) is 0 Å². The van der Waals surface area contributed by atoms with Crippen molar-refractivity contribution in [1.29, 1.82) is 0 Å². The zero-order chi connectivity index (χ0) is 15.1. The molecule has 0 saturated carbocycles. The lowest BCUT2D eigenvalue weighted by Crippen LogP contribution is -2.51. The average molecular weight is 313 g/mol. The number of nitrogens with zero attached hydrogens (tertiary/aromatic N) is 1. The van der Waals surface area contributed by atoms with Crippen LogP contribution in [0.2, 0.25) is 5.02 Å². The van der Waals surface area contributed by atoms with Gasteiger partial charge < -0.3 is 19.7 Å². The number of morpholine rings is 1. The lowest BCUT2D eigenvalue weighted by molar-refractivity contribution is -0.135. The number of ether oxygens (including phenoxy) is 2. The summed E-state index contributed by atoms with van der Waals surface area (Å²) in [7, 11) is 1.81. The van der Waals surface area contributed by atoms with E-state index in [2.05, 4.69) is 5.32 Å². The molecule has 1 atom stereocenters. The summed E-state index contributed by atoms with van der Waals surface area (Å²) in [4.78, 5) is 13.8. The van der Waals surface area contributed by atoms with Crippen LogP contribution in [0.15, 0.2) is 24.3 Å². The second-order valence-electron chi connectivity index (χ2n) is 5.00. The van der Waals surface area contributed by atoms with E-state index in [9.17, 15) is 4.79 Å². The van der Waals surface area contributed by atoms with Gasteiger partial charge in [-0.05, 0) is 30.7 Å². The molecule has 1 aliphatic rings. The molecule has 1 aromatic rings. The maximum atomic E-state index is 12.1. The second-order valence-corrected chi connectivity index (χ2v) is 5.43. The van der Waals surface area contributed by atoms with Gasteiger partial charge in [-0.15, -0.1) is 0 Å². The normalized spacial score (nSPS) is 18.3. The molecule has 1 fully saturated rings. The molecule has 116 valence electrons. The highest BCUT2D eigenvalue weighted by atomic mass is 35.5. The van der Waals surface area contributed by atoms with Crippen LogP contribution < -0.4 is 10.1 Å². The van der Waals surface area contributed by atoms with E-state index in [1.807, 2.05) is 12.1 Å². The fourth-order valence-corrected chi connectivity index (χ4v) is 2.25. The largest absolute Gasteiger partial charge is 0.494 e. The Balaban J connectivity index is 1.65. The minimum absolute atomic E-state index is 0.0705. The van der Waals surface area contributed by atoms with E-state index in [0.717, 1.165) is 18.7 Å². The lowest BCUT2D eigenvalue weighted by atomic mass is 10.2. The number of benzene rings is 1. The molecule has 6 heteroatoms. The number of amides is 1. The van der Waals surface area contributed by atoms with Crippen LogP contribution >= 0.6 is 11.6 Å². The number of hydrogen-bond acceptors (Lipinski definition) is 4. The van der Waals surface area contributed by atoms with Crippen molar-refractivity contribution in [3.63, 3.8) is 0 Å². The summed E-state index contributed by atoms with van der Waals surface area (Å²) in [5, 5.41) is 3.85. The van der Waals surface area contributed by atoms with Gasteiger partial charge >= 0.3 is 0 Å². The molecule has 0 aromatic heterocycles. The van der Waals surface area contributed by atoms with Crippen LogP contribution in [0.1, 0.15) is 6.42 Å². The second kappa shape index (κ2) is 8.22. The van der Waals surface area contributed by atoms with Gasteiger partial charge in [0.05, 0.1) is 19.8 Å². The maximum Gasteiger partial charge on any atom is 0.241 e. The third-order valence-electron chi connectivity index (χ3n) is 3.32. The number of rotatable bonds is 6. The van der Waals surface area contributed by atoms with E-state index < -0.39 is 0 Å². The standard InChI is InChI=1S/C15H21ClN2O3/c1-18(15(19)14-11-20-10-7-17-14)8-2-9-21-13-5-3-12(16)4-6-13/h3-6,14,17H,2,7-11H2,1H3. The van der Waals surface area contributed by atoms with Crippen molar-refractivity contribution >= 4 is 17.5 Å². The van der Waals surface area contributed by atoms with E-state index in [1.54, 1.807) is 24.1 Å². The van der Waals surface area contributed by atoms with Crippen molar-refractivity contribution in [3.05, 3.63) is 29.3 Å². The number of nitrogens with one attached hydrogen (secondary N) is 1. The molecule has 0 radical (unpaired) electrons. The van der Waals surface area contributed by atoms with E-state index in [0.29, 0.717) is 31.4 Å². The molecule has 1 aromatic carbocycles. The summed E-state index contributed by atoms with van der Waals surface area (Å²) in [6, 6.07) is 7.03. The van der Waals surface area contributed by atoms with Crippen LogP contribution in [-0.4, -0.2) is 56.8 Å². The predicted octanol–water partition coefficient (Wildman–Crippen LogP) is 1.56. The zero-order valence-corrected chi connectivity index (χ0v) is 12.9. The third-order valence-corrected chi connectivity index (χ3v) is 3.57. The highest BCUT2D eigenvalue weighted by Gasteiger charge is 2.23. The van der Waals surface area contributed by atoms with Gasteiger partial charge in [0.1, 0.15) is 11.8 Å². The van der Waals surface area contributed by atoms with Crippen molar-refractivity contribution < 1.29 is 14.3 Å². The molecule has 1 heterocycles. The van der Waals surface area contributed by atoms with Crippen LogP contribution in [0.3, 0.4) is 0 Å². The van der Waals surface area contributed by atoms with Gasteiger partial charge in [-0.3, -0.25) is 4.79 Å². The fourth-order valence-electron chi connectivity index (χ4n) is 2.12. The Morgan fingerprint density at radius 3 is 2.90 bits per heavy atom. The molecule has 1 N–H and O–H groups in total. The quantitative estimate of drug-likeness (QED) is 0.810. The summed E-state index contributed by atoms with van der Waals surface area (Å²) in [6.45, 7) is 3.06. The Morgan fingerprint density at radius 2 is 2.24 bits per heavy atom. The first-order valence-electron chi connectivity index (χ1n) is 7.11. The number of halogens is 1. The zero-order valence-electron chi connectivity index (χ0n) is 12.2. The number of carbonyl (C=O) groups is 1. The number of hydrogen-bond donors (Lipinski definition) is 1.